The van der Waals surface area contributed by atoms with Crippen LogP contribution in [0.3, 0.4) is 0 Å². The third-order valence-electron chi connectivity index (χ3n) is 5.35. The SMILES string of the molecule is NC=NCCSc1cnccc1SC1=C(C(=O)O)N2C(=O)[C@@H](NC(=O)C(=NOCCF)c3nc(N)sc3Cl)[C@@H]2SC1. The van der Waals surface area contributed by atoms with Gasteiger partial charge in [0.2, 0.25) is 0 Å². The minimum absolute atomic E-state index is 0.0485. The molecule has 4 rings (SSSR count). The molecule has 0 aliphatic carbocycles. The van der Waals surface area contributed by atoms with Gasteiger partial charge in [0, 0.05) is 38.6 Å². The Bertz CT molecular complexity index is 1420. The first-order valence-electron chi connectivity index (χ1n) is 11.6. The zero-order valence-corrected chi connectivity index (χ0v) is 24.9. The van der Waals surface area contributed by atoms with Crippen molar-refractivity contribution in [3.63, 3.8) is 0 Å². The minimum atomic E-state index is -1.27. The zero-order chi connectivity index (χ0) is 29.5. The fourth-order valence-corrected chi connectivity index (χ4v) is 8.11. The van der Waals surface area contributed by atoms with Gasteiger partial charge in [0.05, 0.1) is 12.9 Å². The number of hydrogen-bond acceptors (Lipinski definition) is 13. The molecule has 0 aromatic carbocycles. The number of nitrogens with zero attached hydrogens (tertiary/aromatic N) is 5. The fraction of sp³-hybridized carbons (Fsp3) is 0.318. The number of carboxylic acid groups (broad SMARTS) is 1. The first-order valence-corrected chi connectivity index (χ1v) is 15.7. The molecule has 0 unspecified atom stereocenters. The van der Waals surface area contributed by atoms with E-state index in [9.17, 15) is 23.9 Å². The molecule has 6 N–H and O–H groups in total. The average molecular weight is 661 g/mol. The summed E-state index contributed by atoms with van der Waals surface area (Å²) in [6, 6.07) is 0.704. The summed E-state index contributed by atoms with van der Waals surface area (Å²) in [5, 5.41) is 15.6. The van der Waals surface area contributed by atoms with Crippen molar-refractivity contribution >= 4 is 93.2 Å². The van der Waals surface area contributed by atoms with Gasteiger partial charge in [-0.1, -0.05) is 39.9 Å². The van der Waals surface area contributed by atoms with Crippen LogP contribution in [-0.2, 0) is 19.2 Å². The van der Waals surface area contributed by atoms with Gasteiger partial charge in [-0.3, -0.25) is 24.5 Å². The molecule has 2 atom stereocenters. The Hall–Kier alpha value is -3.06. The maximum Gasteiger partial charge on any atom is 0.353 e. The van der Waals surface area contributed by atoms with Gasteiger partial charge in [-0.25, -0.2) is 14.2 Å². The Morgan fingerprint density at radius 2 is 2.22 bits per heavy atom. The summed E-state index contributed by atoms with van der Waals surface area (Å²) in [5.41, 5.74) is 10.3. The monoisotopic (exact) mass is 660 g/mol. The maximum atomic E-state index is 13.2. The highest BCUT2D eigenvalue weighted by molar-refractivity contribution is 8.07. The van der Waals surface area contributed by atoms with Gasteiger partial charge in [0.15, 0.2) is 10.8 Å². The largest absolute Gasteiger partial charge is 0.477 e. The van der Waals surface area contributed by atoms with Crippen molar-refractivity contribution < 1.29 is 28.7 Å². The molecule has 2 amide bonds. The van der Waals surface area contributed by atoms with Gasteiger partial charge in [0.1, 0.15) is 40.4 Å². The predicted molar refractivity (Wildman–Crippen MR) is 158 cm³/mol. The van der Waals surface area contributed by atoms with E-state index in [0.29, 0.717) is 17.2 Å². The van der Waals surface area contributed by atoms with Crippen LogP contribution >= 0.6 is 58.2 Å². The number of carbonyl (C=O) groups is 3. The third-order valence-corrected chi connectivity index (χ3v) is 10.2. The third kappa shape index (κ3) is 7.06. The number of aromatic nitrogens is 2. The van der Waals surface area contributed by atoms with Crippen LogP contribution in [-0.4, -0.2) is 92.6 Å². The van der Waals surface area contributed by atoms with Crippen LogP contribution in [0.2, 0.25) is 4.34 Å². The van der Waals surface area contributed by atoms with Crippen molar-refractivity contribution in [2.45, 2.75) is 21.2 Å². The van der Waals surface area contributed by atoms with E-state index in [1.807, 2.05) is 0 Å². The molecule has 13 nitrogen and oxygen atoms in total. The first-order chi connectivity index (χ1) is 19.8. The van der Waals surface area contributed by atoms with E-state index in [4.69, 9.17) is 27.9 Å². The van der Waals surface area contributed by atoms with Gasteiger partial charge in [-0.15, -0.1) is 23.5 Å². The number of carboxylic acids is 1. The maximum absolute atomic E-state index is 13.2. The van der Waals surface area contributed by atoms with Crippen LogP contribution in [0.15, 0.2) is 49.0 Å². The molecule has 19 heteroatoms. The van der Waals surface area contributed by atoms with E-state index in [-0.39, 0.29) is 26.6 Å². The van der Waals surface area contributed by atoms with Crippen molar-refractivity contribution in [3.05, 3.63) is 39.1 Å². The second kappa shape index (κ2) is 14.2. The molecule has 0 radical (unpaired) electrons. The molecule has 2 aromatic heterocycles. The molecular formula is C22H22ClFN8O5S4. The number of thiazole rings is 1. The number of pyridine rings is 1. The predicted octanol–water partition coefficient (Wildman–Crippen LogP) is 2.03. The van der Waals surface area contributed by atoms with Crippen LogP contribution in [0.5, 0.6) is 0 Å². The number of rotatable bonds is 13. The molecule has 0 bridgehead atoms. The summed E-state index contributed by atoms with van der Waals surface area (Å²) in [6.45, 7) is -0.769. The first kappa shape index (κ1) is 30.9. The number of oxime groups is 1. The lowest BCUT2D eigenvalue weighted by Crippen LogP contribution is -2.71. The van der Waals surface area contributed by atoms with Crippen molar-refractivity contribution in [1.29, 1.82) is 0 Å². The number of carbonyl (C=O) groups excluding carboxylic acids is 2. The van der Waals surface area contributed by atoms with Crippen molar-refractivity contribution in [1.82, 2.24) is 20.2 Å². The lowest BCUT2D eigenvalue weighted by molar-refractivity contribution is -0.150. The van der Waals surface area contributed by atoms with Gasteiger partial charge in [-0.05, 0) is 6.07 Å². The molecule has 1 saturated heterocycles. The van der Waals surface area contributed by atoms with Gasteiger partial charge in [0.25, 0.3) is 11.8 Å². The number of halogens is 2. The highest BCUT2D eigenvalue weighted by Crippen LogP contribution is 2.46. The number of aliphatic carboxylic acids is 1. The van der Waals surface area contributed by atoms with Gasteiger partial charge in [-0.2, -0.15) is 0 Å². The Morgan fingerprint density at radius 1 is 1.41 bits per heavy atom. The topological polar surface area (TPSA) is 198 Å². The molecule has 2 aliphatic heterocycles. The number of alkyl halides is 1. The molecule has 41 heavy (non-hydrogen) atoms. The Kier molecular flexibility index (Phi) is 10.7. The minimum Gasteiger partial charge on any atom is -0.477 e. The standard InChI is InChI=1S/C22H22ClFN8O5S4/c23-17-13(30-22(26)41-17)14(31-37-5-2-24)18(33)29-15-19(34)32-16(21(35)36)12(8-39-20(15)32)40-10-1-3-27-7-11(10)38-6-4-28-9-25/h1,3,7,9,15,20H,2,4-6,8H2,(H2,25,28)(H2,26,30)(H,29,33)(H,35,36)/t15-,20+/m1/s1. The van der Waals surface area contributed by atoms with Crippen LogP contribution in [0, 0.1) is 0 Å². The van der Waals surface area contributed by atoms with E-state index >= 15 is 0 Å². The number of thioether (sulfide) groups is 3. The summed E-state index contributed by atoms with van der Waals surface area (Å²) in [7, 11) is 0. The van der Waals surface area contributed by atoms with E-state index in [1.54, 1.807) is 18.5 Å². The molecular weight excluding hydrogens is 639 g/mol. The van der Waals surface area contributed by atoms with Gasteiger partial charge < -0.3 is 26.7 Å². The zero-order valence-electron chi connectivity index (χ0n) is 20.9. The van der Waals surface area contributed by atoms with Crippen molar-refractivity contribution in [3.8, 4) is 0 Å². The number of aliphatic imine (C=N–C) groups is 1. The Morgan fingerprint density at radius 3 is 2.90 bits per heavy atom. The molecule has 1 fully saturated rings. The van der Waals surface area contributed by atoms with Crippen molar-refractivity contribution in [2.75, 3.05) is 37.1 Å². The van der Waals surface area contributed by atoms with Gasteiger partial charge >= 0.3 is 5.97 Å². The molecule has 4 heterocycles. The lowest BCUT2D eigenvalue weighted by atomic mass is 10.0. The van der Waals surface area contributed by atoms with Crippen LogP contribution in [0.4, 0.5) is 9.52 Å². The lowest BCUT2D eigenvalue weighted by Gasteiger charge is -2.49. The number of anilines is 1. The fourth-order valence-electron chi connectivity index (χ4n) is 3.65. The second-order valence-corrected chi connectivity index (χ2v) is 12.9. The average Bonchev–Trinajstić information content (AvgIpc) is 3.29. The number of nitrogens with two attached hydrogens (primary N) is 2. The molecule has 0 saturated carbocycles. The molecule has 2 aliphatic rings. The number of nitrogens with one attached hydrogen (secondary N) is 1. The summed E-state index contributed by atoms with van der Waals surface area (Å²) < 4.78 is 12.6. The summed E-state index contributed by atoms with van der Waals surface area (Å²) in [4.78, 5) is 58.8. The van der Waals surface area contributed by atoms with E-state index < -0.39 is 48.2 Å². The number of β-lactam (4-membered cyclic amide) rings is 1. The van der Waals surface area contributed by atoms with Crippen molar-refractivity contribution in [2.24, 2.45) is 15.9 Å². The highest BCUT2D eigenvalue weighted by atomic mass is 35.5. The van der Waals surface area contributed by atoms with Crippen LogP contribution < -0.4 is 16.8 Å². The Balaban J connectivity index is 1.52. The number of fused-ring (bicyclic) bond motifs is 1. The second-order valence-electron chi connectivity index (χ2n) is 7.90. The molecule has 2 aromatic rings. The number of hydrogen-bond donors (Lipinski definition) is 4. The highest BCUT2D eigenvalue weighted by Gasteiger charge is 2.54. The molecule has 218 valence electrons. The normalized spacial score (nSPS) is 18.8. The summed E-state index contributed by atoms with van der Waals surface area (Å²) in [5.74, 6) is -1.85. The van der Waals surface area contributed by atoms with E-state index in [1.165, 1.54) is 41.6 Å². The number of amides is 2. The van der Waals surface area contributed by atoms with Crippen LogP contribution in [0.1, 0.15) is 5.69 Å². The summed E-state index contributed by atoms with van der Waals surface area (Å²) in [6.07, 6.45) is 4.51. The molecule has 0 spiro atoms. The summed E-state index contributed by atoms with van der Waals surface area (Å²) >= 11 is 11.1. The van der Waals surface area contributed by atoms with Crippen LogP contribution in [0.25, 0.3) is 0 Å². The smallest absolute Gasteiger partial charge is 0.353 e. The van der Waals surface area contributed by atoms with E-state index in [2.05, 4.69) is 25.4 Å². The van der Waals surface area contributed by atoms with E-state index in [0.717, 1.165) is 26.0 Å². The Labute approximate surface area is 254 Å². The number of nitrogen functional groups attached to an aromatic ring is 1. The quantitative estimate of drug-likeness (QED) is 0.0610.